The minimum atomic E-state index is 0.0899. The van der Waals surface area contributed by atoms with Crippen LogP contribution in [0.1, 0.15) is 394 Å². The number of carbonyl (C=O) groups is 4. The molecule has 4 N–H and O–H groups in total. The van der Waals surface area contributed by atoms with E-state index in [0.717, 1.165) is 97.1 Å². The van der Waals surface area contributed by atoms with E-state index in [1.54, 1.807) is 0 Å². The Balaban J connectivity index is 5.18. The summed E-state index contributed by atoms with van der Waals surface area (Å²) in [6.45, 7) is 16.0. The fraction of sp³-hybridized carbons (Fsp3) is 0.947. The van der Waals surface area contributed by atoms with Crippen molar-refractivity contribution in [1.29, 1.82) is 0 Å². The second-order valence-corrected chi connectivity index (χ2v) is 26.4. The van der Waals surface area contributed by atoms with Crippen LogP contribution in [0.3, 0.4) is 0 Å². The topological polar surface area (TPSA) is 123 Å². The minimum Gasteiger partial charge on any atom is -0.356 e. The predicted octanol–water partition coefficient (Wildman–Crippen LogP) is 20.4. The Kier molecular flexibility index (Phi) is 69.0. The lowest BCUT2D eigenvalue weighted by Crippen LogP contribution is -2.38. The van der Waals surface area contributed by atoms with Crippen LogP contribution in [-0.2, 0) is 19.2 Å². The summed E-state index contributed by atoms with van der Waals surface area (Å²) in [5.41, 5.74) is 0. The van der Waals surface area contributed by atoms with Crippen molar-refractivity contribution in [2.24, 2.45) is 0 Å². The summed E-state index contributed by atoms with van der Waals surface area (Å²) in [5, 5.41) is 12.8. The first kappa shape index (κ1) is 82.8. The molecule has 0 aromatic carbocycles. The molecule has 0 radical (unpaired) electrons. The molecule has 0 aliphatic rings. The summed E-state index contributed by atoms with van der Waals surface area (Å²) >= 11 is 0. The van der Waals surface area contributed by atoms with Crippen LogP contribution in [0, 0.1) is 0 Å². The number of hydrogen-bond acceptors (Lipinski definition) is 6. The lowest BCUT2D eigenvalue weighted by Gasteiger charge is -2.26. The van der Waals surface area contributed by atoms with Crippen molar-refractivity contribution in [3.8, 4) is 0 Å². The maximum Gasteiger partial charge on any atom is 0.221 e. The van der Waals surface area contributed by atoms with Gasteiger partial charge in [0.2, 0.25) is 23.6 Å². The van der Waals surface area contributed by atoms with Crippen molar-refractivity contribution in [3.63, 3.8) is 0 Å². The van der Waals surface area contributed by atoms with Crippen LogP contribution < -0.4 is 21.3 Å². The van der Waals surface area contributed by atoms with Crippen molar-refractivity contribution < 1.29 is 19.2 Å². The van der Waals surface area contributed by atoms with Crippen molar-refractivity contribution in [1.82, 2.24) is 31.1 Å². The van der Waals surface area contributed by atoms with Gasteiger partial charge in [0.05, 0.1) is 0 Å². The molecule has 0 aromatic rings. The summed E-state index contributed by atoms with van der Waals surface area (Å²) in [6.07, 6.45) is 70.7. The van der Waals surface area contributed by atoms with Crippen LogP contribution in [0.15, 0.2) is 0 Å². The summed E-state index contributed by atoms with van der Waals surface area (Å²) in [6, 6.07) is 0. The molecule has 10 nitrogen and oxygen atoms in total. The average Bonchev–Trinajstić information content (AvgIpc) is 3.51. The fourth-order valence-electron chi connectivity index (χ4n) is 12.1. The number of unbranched alkanes of at least 4 members (excludes halogenated alkanes) is 48. The lowest BCUT2D eigenvalue weighted by atomic mass is 10.0. The van der Waals surface area contributed by atoms with E-state index in [4.69, 9.17) is 0 Å². The van der Waals surface area contributed by atoms with Gasteiger partial charge < -0.3 is 31.1 Å². The molecule has 0 aliphatic carbocycles. The average molecular weight is 1200 g/mol. The van der Waals surface area contributed by atoms with Gasteiger partial charge in [0.15, 0.2) is 0 Å². The molecule has 0 saturated heterocycles. The van der Waals surface area contributed by atoms with E-state index in [0.29, 0.717) is 51.9 Å². The van der Waals surface area contributed by atoms with Crippen LogP contribution in [0.25, 0.3) is 0 Å². The summed E-state index contributed by atoms with van der Waals surface area (Å²) < 4.78 is 0. The lowest BCUT2D eigenvalue weighted by molar-refractivity contribution is -0.123. The Morgan fingerprint density at radius 1 is 0.188 bits per heavy atom. The standard InChI is InChI=1S/C75H150N6O4/c1-5-9-13-17-21-25-29-33-37-41-45-49-53-62-76-72(82)58-68-80(69-59-73(83)77-63-54-50-46-42-38-34-30-26-22-18-14-10-6-2)66-57-67-81(70-60-74(84)78-64-55-51-47-43-39-35-31-27-23-19-15-11-7-3)71-61-75(85)79-65-56-52-48-44-40-36-32-28-24-20-16-12-8-4/h5-71H2,1-4H3,(H,76,82)(H,77,83)(H,78,84)(H,79,85). The minimum absolute atomic E-state index is 0.0899. The highest BCUT2D eigenvalue weighted by Gasteiger charge is 2.15. The highest BCUT2D eigenvalue weighted by atomic mass is 16.2. The largest absolute Gasteiger partial charge is 0.356 e. The van der Waals surface area contributed by atoms with E-state index < -0.39 is 0 Å². The van der Waals surface area contributed by atoms with Crippen molar-refractivity contribution in [2.45, 2.75) is 394 Å². The van der Waals surface area contributed by atoms with Gasteiger partial charge in [-0.2, -0.15) is 0 Å². The number of amides is 4. The normalized spacial score (nSPS) is 11.6. The van der Waals surface area contributed by atoms with Gasteiger partial charge in [0.1, 0.15) is 0 Å². The molecule has 0 bridgehead atoms. The SMILES string of the molecule is CCCCCCCCCCCCCCCNC(=O)CCN(CCCN(CCC(=O)NCCCCCCCCCCCCCCC)CCC(=O)NCCCCCCCCCCCCCCC)CCC(=O)NCCCCCCCCCCCCCCC. The third-order valence-electron chi connectivity index (χ3n) is 18.0. The van der Waals surface area contributed by atoms with E-state index in [1.807, 2.05) is 0 Å². The number of rotatable bonds is 72. The predicted molar refractivity (Wildman–Crippen MR) is 371 cm³/mol. The van der Waals surface area contributed by atoms with Gasteiger partial charge in [-0.1, -0.05) is 336 Å². The molecule has 10 heteroatoms. The molecule has 4 amide bonds. The van der Waals surface area contributed by atoms with Gasteiger partial charge in [0.25, 0.3) is 0 Å². The molecule has 0 atom stereocenters. The first-order valence-electron chi connectivity index (χ1n) is 38.4. The monoisotopic (exact) mass is 1200 g/mol. The fourth-order valence-corrected chi connectivity index (χ4v) is 12.1. The third-order valence-corrected chi connectivity index (χ3v) is 18.0. The number of carbonyl (C=O) groups excluding carboxylic acids is 4. The van der Waals surface area contributed by atoms with Crippen LogP contribution in [-0.4, -0.2) is 98.9 Å². The zero-order chi connectivity index (χ0) is 61.7. The van der Waals surface area contributed by atoms with Gasteiger partial charge in [-0.25, -0.2) is 0 Å². The molecule has 0 unspecified atom stereocenters. The molecule has 504 valence electrons. The van der Waals surface area contributed by atoms with E-state index in [9.17, 15) is 19.2 Å². The van der Waals surface area contributed by atoms with Gasteiger partial charge in [-0.15, -0.1) is 0 Å². The van der Waals surface area contributed by atoms with Crippen molar-refractivity contribution in [2.75, 3.05) is 65.4 Å². The quantitative estimate of drug-likeness (QED) is 0.0450. The Morgan fingerprint density at radius 2 is 0.329 bits per heavy atom. The Labute approximate surface area is 530 Å². The van der Waals surface area contributed by atoms with E-state index in [1.165, 1.54) is 283 Å². The van der Waals surface area contributed by atoms with E-state index in [-0.39, 0.29) is 23.6 Å². The number of nitrogens with zero attached hydrogens (tertiary/aromatic N) is 2. The van der Waals surface area contributed by atoms with Crippen LogP contribution in [0.4, 0.5) is 0 Å². The maximum absolute atomic E-state index is 13.2. The summed E-state index contributed by atoms with van der Waals surface area (Å²) in [4.78, 5) is 57.3. The second kappa shape index (κ2) is 70.9. The van der Waals surface area contributed by atoms with Gasteiger partial charge >= 0.3 is 0 Å². The second-order valence-electron chi connectivity index (χ2n) is 26.4. The maximum atomic E-state index is 13.2. The molecular weight excluding hydrogens is 1050 g/mol. The van der Waals surface area contributed by atoms with Crippen molar-refractivity contribution >= 4 is 23.6 Å². The Morgan fingerprint density at radius 3 is 0.482 bits per heavy atom. The number of nitrogens with one attached hydrogen (secondary N) is 4. The summed E-state index contributed by atoms with van der Waals surface area (Å²) in [7, 11) is 0. The molecule has 0 aromatic heterocycles. The van der Waals surface area contributed by atoms with Crippen molar-refractivity contribution in [3.05, 3.63) is 0 Å². The molecule has 0 rings (SSSR count). The smallest absolute Gasteiger partial charge is 0.221 e. The third kappa shape index (κ3) is 67.6. The highest BCUT2D eigenvalue weighted by molar-refractivity contribution is 5.77. The first-order chi connectivity index (χ1) is 41.9. The summed E-state index contributed by atoms with van der Waals surface area (Å²) in [5.74, 6) is 0.359. The zero-order valence-corrected chi connectivity index (χ0v) is 57.9. The van der Waals surface area contributed by atoms with Gasteiger partial charge in [0, 0.05) is 78.0 Å². The van der Waals surface area contributed by atoms with Crippen LogP contribution >= 0.6 is 0 Å². The van der Waals surface area contributed by atoms with Gasteiger partial charge in [-0.3, -0.25) is 19.2 Å². The first-order valence-corrected chi connectivity index (χ1v) is 38.4. The Hall–Kier alpha value is -2.20. The van der Waals surface area contributed by atoms with Crippen LogP contribution in [0.5, 0.6) is 0 Å². The molecular formula is C75H150N6O4. The highest BCUT2D eigenvalue weighted by Crippen LogP contribution is 2.17. The molecule has 0 saturated carbocycles. The molecule has 0 spiro atoms. The van der Waals surface area contributed by atoms with Crippen LogP contribution in [0.2, 0.25) is 0 Å². The van der Waals surface area contributed by atoms with Gasteiger partial charge in [-0.05, 0) is 45.2 Å². The van der Waals surface area contributed by atoms with E-state index >= 15 is 0 Å². The Bertz CT molecular complexity index is 1190. The molecule has 85 heavy (non-hydrogen) atoms. The molecule has 0 heterocycles. The molecule has 0 fully saturated rings. The number of hydrogen-bond donors (Lipinski definition) is 4. The zero-order valence-electron chi connectivity index (χ0n) is 57.9. The molecule has 0 aliphatic heterocycles. The van der Waals surface area contributed by atoms with E-state index in [2.05, 4.69) is 58.8 Å².